The van der Waals surface area contributed by atoms with E-state index in [1.807, 2.05) is 0 Å². The van der Waals surface area contributed by atoms with E-state index in [2.05, 4.69) is 0 Å². The fraction of sp³-hybridized carbons (Fsp3) is 0.296. The van der Waals surface area contributed by atoms with E-state index in [0.29, 0.717) is 34.7 Å². The van der Waals surface area contributed by atoms with Crippen LogP contribution in [-0.2, 0) is 21.0 Å². The van der Waals surface area contributed by atoms with E-state index >= 15 is 0 Å². The maximum Gasteiger partial charge on any atom is 0.416 e. The van der Waals surface area contributed by atoms with Crippen LogP contribution in [0.25, 0.3) is 11.1 Å². The van der Waals surface area contributed by atoms with E-state index in [4.69, 9.17) is 4.74 Å². The van der Waals surface area contributed by atoms with Crippen LogP contribution in [0.15, 0.2) is 71.6 Å². The number of ether oxygens (including phenoxy) is 1. The molecular formula is C27H25F3NO5S-. The highest BCUT2D eigenvalue weighted by atomic mass is 32.2. The highest BCUT2D eigenvalue weighted by Crippen LogP contribution is 2.36. The van der Waals surface area contributed by atoms with Crippen molar-refractivity contribution in [2.75, 3.05) is 17.5 Å². The molecule has 0 heterocycles. The summed E-state index contributed by atoms with van der Waals surface area (Å²) >= 11 is 0. The Hall–Kier alpha value is -3.53. The van der Waals surface area contributed by atoms with Crippen LogP contribution in [0, 0.1) is 12.8 Å². The molecule has 0 aliphatic heterocycles. The highest BCUT2D eigenvalue weighted by molar-refractivity contribution is 7.92. The number of carboxylic acids is 1. The molecule has 196 valence electrons. The molecule has 3 aromatic carbocycles. The Bertz CT molecular complexity index is 1380. The summed E-state index contributed by atoms with van der Waals surface area (Å²) in [5.41, 5.74) is 1.19. The van der Waals surface area contributed by atoms with Crippen molar-refractivity contribution in [2.24, 2.45) is 5.92 Å². The number of halogens is 3. The third kappa shape index (κ3) is 6.43. The van der Waals surface area contributed by atoms with Gasteiger partial charge in [0.1, 0.15) is 12.4 Å². The number of hydrogen-bond donors (Lipinski definition) is 0. The van der Waals surface area contributed by atoms with E-state index in [1.54, 1.807) is 31.2 Å². The van der Waals surface area contributed by atoms with Crippen LogP contribution < -0.4 is 14.1 Å². The third-order valence-corrected chi connectivity index (χ3v) is 8.02. The zero-order chi connectivity index (χ0) is 26.8. The van der Waals surface area contributed by atoms with Crippen LogP contribution in [0.1, 0.15) is 30.4 Å². The van der Waals surface area contributed by atoms with E-state index in [9.17, 15) is 31.5 Å². The molecule has 10 heteroatoms. The fourth-order valence-corrected chi connectivity index (χ4v) is 5.55. The molecule has 1 aliphatic rings. The van der Waals surface area contributed by atoms with Gasteiger partial charge in [0, 0.05) is 6.54 Å². The number of aryl methyl sites for hydroxylation is 1. The van der Waals surface area contributed by atoms with Gasteiger partial charge in [-0.15, -0.1) is 0 Å². The van der Waals surface area contributed by atoms with Crippen LogP contribution in [0.5, 0.6) is 5.75 Å². The van der Waals surface area contributed by atoms with Crippen molar-refractivity contribution in [1.29, 1.82) is 0 Å². The fourth-order valence-electron chi connectivity index (χ4n) is 3.99. The number of rotatable bonds is 10. The number of benzene rings is 3. The van der Waals surface area contributed by atoms with Gasteiger partial charge >= 0.3 is 6.18 Å². The molecule has 0 saturated heterocycles. The van der Waals surface area contributed by atoms with Gasteiger partial charge in [-0.25, -0.2) is 8.42 Å². The maximum atomic E-state index is 13.8. The largest absolute Gasteiger partial charge is 0.546 e. The van der Waals surface area contributed by atoms with E-state index in [1.165, 1.54) is 34.6 Å². The Labute approximate surface area is 213 Å². The molecule has 6 nitrogen and oxygen atoms in total. The summed E-state index contributed by atoms with van der Waals surface area (Å²) in [5.74, 6) is -0.704. The number of carbonyl (C=O) groups excluding carboxylic acids is 1. The first-order chi connectivity index (χ1) is 17.4. The molecular weight excluding hydrogens is 507 g/mol. The topological polar surface area (TPSA) is 86.7 Å². The summed E-state index contributed by atoms with van der Waals surface area (Å²) < 4.78 is 72.9. The van der Waals surface area contributed by atoms with Gasteiger partial charge in [-0.2, -0.15) is 13.2 Å². The van der Waals surface area contributed by atoms with E-state index < -0.39 is 34.3 Å². The second-order valence-electron chi connectivity index (χ2n) is 9.02. The number of sulfonamides is 1. The predicted octanol–water partition coefficient (Wildman–Crippen LogP) is 4.80. The van der Waals surface area contributed by atoms with Crippen molar-refractivity contribution < 1.29 is 36.2 Å². The maximum absolute atomic E-state index is 13.8. The highest BCUT2D eigenvalue weighted by Gasteiger charge is 2.31. The van der Waals surface area contributed by atoms with Crippen LogP contribution in [0.2, 0.25) is 0 Å². The molecule has 4 rings (SSSR count). The lowest BCUT2D eigenvalue weighted by Crippen LogP contribution is -2.32. The molecule has 0 aromatic heterocycles. The minimum absolute atomic E-state index is 0.0153. The summed E-state index contributed by atoms with van der Waals surface area (Å²) in [6.45, 7) is 1.20. The first-order valence-electron chi connectivity index (χ1n) is 11.7. The Kier molecular flexibility index (Phi) is 7.49. The monoisotopic (exact) mass is 532 g/mol. The molecule has 1 aliphatic carbocycles. The number of hydrogen-bond acceptors (Lipinski definition) is 5. The molecule has 0 radical (unpaired) electrons. The van der Waals surface area contributed by atoms with Crippen molar-refractivity contribution in [2.45, 2.75) is 37.3 Å². The van der Waals surface area contributed by atoms with Crippen LogP contribution in [-0.4, -0.2) is 27.5 Å². The van der Waals surface area contributed by atoms with Crippen molar-refractivity contribution in [3.8, 4) is 16.9 Å². The van der Waals surface area contributed by atoms with Gasteiger partial charge in [0.2, 0.25) is 0 Å². The van der Waals surface area contributed by atoms with Crippen molar-refractivity contribution in [1.82, 2.24) is 0 Å². The molecule has 1 saturated carbocycles. The Balaban J connectivity index is 1.67. The second-order valence-corrected chi connectivity index (χ2v) is 10.9. The Morgan fingerprint density at radius 2 is 1.73 bits per heavy atom. The number of carboxylic acid groups (broad SMARTS) is 1. The third-order valence-electron chi connectivity index (χ3n) is 6.20. The summed E-state index contributed by atoms with van der Waals surface area (Å²) in [7, 11) is -4.02. The quantitative estimate of drug-likeness (QED) is 0.374. The number of aliphatic carboxylic acids is 1. The van der Waals surface area contributed by atoms with E-state index in [-0.39, 0.29) is 17.2 Å². The van der Waals surface area contributed by atoms with Crippen molar-refractivity contribution >= 4 is 21.7 Å². The molecule has 0 N–H and O–H groups in total. The van der Waals surface area contributed by atoms with E-state index in [0.717, 1.165) is 25.0 Å². The van der Waals surface area contributed by atoms with Gasteiger partial charge in [-0.05, 0) is 78.4 Å². The average molecular weight is 533 g/mol. The molecule has 1 fully saturated rings. The normalized spacial score (nSPS) is 13.8. The molecule has 0 amide bonds. The van der Waals surface area contributed by atoms with Crippen LogP contribution >= 0.6 is 0 Å². The lowest BCUT2D eigenvalue weighted by molar-refractivity contribution is -0.307. The van der Waals surface area contributed by atoms with Crippen molar-refractivity contribution in [3.63, 3.8) is 0 Å². The standard InChI is InChI=1S/C27H26F3NO5S/c1-18-15-24(11-12-25(18)36-17-26(32)33)37(34,35)31(14-13-19-5-6-19)23-4-2-3-21(16-23)20-7-9-22(10-8-20)27(28,29)30/h2-4,7-12,15-16,19H,5-6,13-14,17H2,1H3,(H,32,33)/p-1. The Morgan fingerprint density at radius 3 is 2.32 bits per heavy atom. The lowest BCUT2D eigenvalue weighted by Gasteiger charge is -2.25. The van der Waals surface area contributed by atoms with Gasteiger partial charge < -0.3 is 14.6 Å². The second kappa shape index (κ2) is 10.5. The SMILES string of the molecule is Cc1cc(S(=O)(=O)N(CCC2CC2)c2cccc(-c3ccc(C(F)(F)F)cc3)c2)ccc1OCC(=O)[O-]. The molecule has 0 spiro atoms. The van der Waals surface area contributed by atoms with Crippen molar-refractivity contribution in [3.05, 3.63) is 77.9 Å². The summed E-state index contributed by atoms with van der Waals surface area (Å²) in [4.78, 5) is 10.7. The first kappa shape index (κ1) is 26.5. The zero-order valence-corrected chi connectivity index (χ0v) is 20.8. The number of anilines is 1. The molecule has 3 aromatic rings. The first-order valence-corrected chi connectivity index (χ1v) is 13.1. The van der Waals surface area contributed by atoms with Gasteiger partial charge in [-0.3, -0.25) is 4.31 Å². The van der Waals surface area contributed by atoms with Gasteiger partial charge in [0.25, 0.3) is 10.0 Å². The molecule has 0 bridgehead atoms. The summed E-state index contributed by atoms with van der Waals surface area (Å²) in [5, 5.41) is 10.7. The summed E-state index contributed by atoms with van der Waals surface area (Å²) in [6, 6.07) is 15.6. The Morgan fingerprint density at radius 1 is 1.03 bits per heavy atom. The minimum atomic E-state index is -4.45. The molecule has 0 unspecified atom stereocenters. The van der Waals surface area contributed by atoms with Crippen LogP contribution in [0.4, 0.5) is 18.9 Å². The van der Waals surface area contributed by atoms with Gasteiger partial charge in [0.05, 0.1) is 22.1 Å². The van der Waals surface area contributed by atoms with Gasteiger partial charge in [0.15, 0.2) is 0 Å². The number of nitrogens with zero attached hydrogens (tertiary/aromatic N) is 1. The summed E-state index contributed by atoms with van der Waals surface area (Å²) in [6.07, 6.45) is -1.68. The molecule has 37 heavy (non-hydrogen) atoms. The average Bonchev–Trinajstić information content (AvgIpc) is 3.67. The number of alkyl halides is 3. The lowest BCUT2D eigenvalue weighted by atomic mass is 10.0. The minimum Gasteiger partial charge on any atom is -0.546 e. The van der Waals surface area contributed by atoms with Crippen LogP contribution in [0.3, 0.4) is 0 Å². The number of carbonyl (C=O) groups is 1. The predicted molar refractivity (Wildman–Crippen MR) is 130 cm³/mol. The smallest absolute Gasteiger partial charge is 0.416 e. The zero-order valence-electron chi connectivity index (χ0n) is 20.0. The molecule has 0 atom stereocenters. The van der Waals surface area contributed by atoms with Gasteiger partial charge in [-0.1, -0.05) is 37.1 Å².